The van der Waals surface area contributed by atoms with Crippen LogP contribution in [-0.4, -0.2) is 29.9 Å². The smallest absolute Gasteiger partial charge is 0.123 e. The largest absolute Gasteiger partial charge is 0.256 e. The quantitative estimate of drug-likeness (QED) is 0.0629. The van der Waals surface area contributed by atoms with Gasteiger partial charge in [-0.05, 0) is 321 Å². The Morgan fingerprint density at radius 1 is 0.123 bits per heavy atom. The second-order valence-electron chi connectivity index (χ2n) is 37.2. The molecule has 6 nitrogen and oxygen atoms in total. The van der Waals surface area contributed by atoms with Crippen LogP contribution < -0.4 is 0 Å². The zero-order chi connectivity index (χ0) is 98.8. The van der Waals surface area contributed by atoms with Crippen LogP contribution in [0.5, 0.6) is 0 Å². The van der Waals surface area contributed by atoms with Crippen molar-refractivity contribution in [3.8, 4) is 246 Å². The number of hydrogen-bond donors (Lipinski definition) is 0. The molecule has 23 aromatic rings. The van der Waals surface area contributed by atoms with Crippen LogP contribution in [-0.2, 0) is 0 Å². The fraction of sp³-hybridized carbons (Fsp3) is 0.0294. The van der Waals surface area contributed by atoms with Crippen LogP contribution in [0.2, 0.25) is 0 Å². The molecule has 0 unspecified atom stereocenters. The van der Waals surface area contributed by atoms with E-state index < -0.39 is 0 Å². The molecule has 0 aliphatic carbocycles. The summed E-state index contributed by atoms with van der Waals surface area (Å²) in [4.78, 5) is 29.5. The first-order valence-electron chi connectivity index (χ1n) is 48.8. The van der Waals surface area contributed by atoms with Crippen LogP contribution in [0.1, 0.15) is 22.3 Å². The lowest BCUT2D eigenvalue weighted by Gasteiger charge is -2.18. The van der Waals surface area contributed by atoms with Crippen molar-refractivity contribution in [2.45, 2.75) is 27.7 Å². The Hall–Kier alpha value is -18.6. The fourth-order valence-electron chi connectivity index (χ4n) is 20.4. The third kappa shape index (κ3) is 18.8. The highest BCUT2D eigenvalue weighted by molar-refractivity contribution is 5.98. The average Bonchev–Trinajstić information content (AvgIpc) is 0.766. The van der Waals surface area contributed by atoms with Gasteiger partial charge in [0.25, 0.3) is 0 Å². The number of benzene rings is 18. The topological polar surface area (TPSA) is 77.3 Å². The first kappa shape index (κ1) is 91.2. The summed E-state index contributed by atoms with van der Waals surface area (Å²) in [7, 11) is 0. The van der Waals surface area contributed by atoms with Crippen molar-refractivity contribution < 1.29 is 17.6 Å². The van der Waals surface area contributed by atoms with Gasteiger partial charge in [-0.3, -0.25) is 19.9 Å². The van der Waals surface area contributed by atoms with E-state index >= 15 is 0 Å². The van der Waals surface area contributed by atoms with Gasteiger partial charge in [-0.1, -0.05) is 340 Å². The van der Waals surface area contributed by atoms with Crippen molar-refractivity contribution in [3.63, 3.8) is 0 Å². The molecular weight excluding hydrogens is 1790 g/mol. The van der Waals surface area contributed by atoms with Crippen LogP contribution in [0.3, 0.4) is 0 Å². The van der Waals surface area contributed by atoms with Crippen molar-refractivity contribution in [1.82, 2.24) is 29.9 Å². The number of aryl methyl sites for hydroxylation is 4. The molecule has 0 aliphatic heterocycles. The van der Waals surface area contributed by atoms with Crippen molar-refractivity contribution in [1.29, 1.82) is 0 Å². The van der Waals surface area contributed by atoms with Gasteiger partial charge in [0.05, 0.1) is 34.2 Å². The summed E-state index contributed by atoms with van der Waals surface area (Å²) in [5, 5.41) is 0. The third-order valence-electron chi connectivity index (χ3n) is 27.9. The van der Waals surface area contributed by atoms with E-state index in [1.54, 1.807) is 54.9 Å². The van der Waals surface area contributed by atoms with Gasteiger partial charge in [0.2, 0.25) is 0 Å². The lowest BCUT2D eigenvalue weighted by Crippen LogP contribution is -1.93. The summed E-state index contributed by atoms with van der Waals surface area (Å²) >= 11 is 0. The van der Waals surface area contributed by atoms with E-state index in [4.69, 9.17) is 29.9 Å². The first-order chi connectivity index (χ1) is 71.6. The van der Waals surface area contributed by atoms with Crippen LogP contribution in [0.4, 0.5) is 17.6 Å². The maximum absolute atomic E-state index is 14.4. The summed E-state index contributed by atoms with van der Waals surface area (Å²) in [5.74, 6) is -1.14. The van der Waals surface area contributed by atoms with E-state index in [9.17, 15) is 17.6 Å². The average molecular weight is 1890 g/mol. The van der Waals surface area contributed by atoms with E-state index in [1.807, 2.05) is 76.7 Å². The molecule has 0 saturated carbocycles. The third-order valence-corrected chi connectivity index (χ3v) is 27.9. The fourth-order valence-corrected chi connectivity index (χ4v) is 20.4. The van der Waals surface area contributed by atoms with Gasteiger partial charge in [0.1, 0.15) is 29.6 Å². The molecule has 0 spiro atoms. The molecule has 0 bridgehead atoms. The predicted molar refractivity (Wildman–Crippen MR) is 592 cm³/mol. The summed E-state index contributed by atoms with van der Waals surface area (Å²) in [6, 6.07) is 155. The minimum Gasteiger partial charge on any atom is -0.256 e. The van der Waals surface area contributed by atoms with E-state index in [0.717, 1.165) is 268 Å². The number of hydrogen-bond acceptors (Lipinski definition) is 6. The summed E-state index contributed by atoms with van der Waals surface area (Å²) in [5.41, 5.74) is 46.8. The van der Waals surface area contributed by atoms with Crippen LogP contribution in [0.15, 0.2) is 486 Å². The Kier molecular flexibility index (Phi) is 24.9. The highest BCUT2D eigenvalue weighted by atomic mass is 19.1. The van der Waals surface area contributed by atoms with Crippen molar-refractivity contribution in [2.75, 3.05) is 0 Å². The molecule has 5 aromatic heterocycles. The van der Waals surface area contributed by atoms with E-state index in [-0.39, 0.29) is 23.3 Å². The molecule has 694 valence electrons. The van der Waals surface area contributed by atoms with Gasteiger partial charge in [-0.15, -0.1) is 0 Å². The Morgan fingerprint density at radius 3 is 0.445 bits per heavy atom. The highest BCUT2D eigenvalue weighted by Gasteiger charge is 2.24. The predicted octanol–water partition coefficient (Wildman–Crippen LogP) is 36.5. The minimum absolute atomic E-state index is 0.285. The molecule has 0 N–H and O–H groups in total. The standard InChI is InChI=1S/C136H92F4N6/c1-85-65-131(141-80-127(85)101-21-17-25-111(137)75-101)95-53-41-89(42-54-95)115-29-5-11-35-121(115)105-69-106(122-36-12-6-30-116(122)90-43-55-96(56-44-90)132-66-86(2)128(81-142-132)102-22-18-26-112(138)76-102)72-109(71-105)125-39-15-9-33-119(125)93-49-61-99(62-50-93)135-79-136(146-84-145-135)100-63-51-94(52-64-100)120-34-10-16-40-126(120)110-73-107(123-37-13-7-31-117(123)91-45-57-97(58-46-91)133-67-87(3)129(82-143-133)103-23-19-27-113(139)77-103)70-108(74-110)124-38-14-8-32-118(124)92-47-59-98(60-48-92)134-68-88(4)130(83-144-134)104-24-20-28-114(140)78-104/h5-84H,1-4H3. The number of nitrogens with zero attached hydrogens (tertiary/aromatic N) is 6. The maximum atomic E-state index is 14.4. The molecule has 0 amide bonds. The molecule has 10 heteroatoms. The second kappa shape index (κ2) is 39.8. The lowest BCUT2D eigenvalue weighted by atomic mass is 9.86. The van der Waals surface area contributed by atoms with Gasteiger partial charge >= 0.3 is 0 Å². The molecule has 146 heavy (non-hydrogen) atoms. The summed E-state index contributed by atoms with van der Waals surface area (Å²) in [6.45, 7) is 8.17. The van der Waals surface area contributed by atoms with Crippen molar-refractivity contribution in [3.05, 3.63) is 532 Å². The number of aromatic nitrogens is 6. The number of halogens is 4. The van der Waals surface area contributed by atoms with E-state index in [1.165, 1.54) is 24.3 Å². The van der Waals surface area contributed by atoms with Crippen LogP contribution in [0.25, 0.3) is 246 Å². The monoisotopic (exact) mass is 1880 g/mol. The zero-order valence-corrected chi connectivity index (χ0v) is 80.4. The highest BCUT2D eigenvalue weighted by Crippen LogP contribution is 2.48. The molecule has 5 heterocycles. The van der Waals surface area contributed by atoms with Crippen LogP contribution in [0, 0.1) is 51.0 Å². The molecule has 18 aromatic carbocycles. The van der Waals surface area contributed by atoms with E-state index in [0.29, 0.717) is 0 Å². The summed E-state index contributed by atoms with van der Waals surface area (Å²) in [6.07, 6.45) is 9.01. The minimum atomic E-state index is -0.285. The zero-order valence-electron chi connectivity index (χ0n) is 80.4. The molecule has 0 radical (unpaired) electrons. The van der Waals surface area contributed by atoms with Gasteiger partial charge in [0, 0.05) is 80.4 Å². The Labute approximate surface area is 846 Å². The molecule has 0 atom stereocenters. The molecule has 0 saturated heterocycles. The van der Waals surface area contributed by atoms with Gasteiger partial charge in [0.15, 0.2) is 0 Å². The number of rotatable bonds is 22. The normalized spacial score (nSPS) is 11.3. The van der Waals surface area contributed by atoms with Crippen LogP contribution >= 0.6 is 0 Å². The van der Waals surface area contributed by atoms with Crippen molar-refractivity contribution in [2.24, 2.45) is 0 Å². The molecule has 0 fully saturated rings. The lowest BCUT2D eigenvalue weighted by molar-refractivity contribution is 0.628. The summed E-state index contributed by atoms with van der Waals surface area (Å²) < 4.78 is 57.7. The molecular formula is C136H92F4N6. The Bertz CT molecular complexity index is 8010. The SMILES string of the molecule is Cc1cc(-c2ccc(-c3ccccc3-c3cc(-c4ccccc4-c4ccc(-c5cc(-c6ccc(-c7ccccc7-c7cc(-c8ccccc8-c8ccc(-c9cc(C)c(-c%10cccc(F)c%10)cn9)cc8)cc(-c8ccccc8-c8ccc(-c9cc(C)c(-c%10cccc(F)c%10)cn9)cc8)c7)cc6)ncn5)cc4)cc(-c4ccccc4-c4ccc(-c5cc(C)c(-c6cccc(F)c6)cn5)cc4)c3)cc2)ncc1-c1cccc(F)c1. The molecule has 0 aliphatic rings. The van der Waals surface area contributed by atoms with Crippen molar-refractivity contribution >= 4 is 0 Å². The number of pyridine rings is 4. The Balaban J connectivity index is 0.559. The maximum Gasteiger partial charge on any atom is 0.123 e. The molecule has 23 rings (SSSR count). The Morgan fingerprint density at radius 2 is 0.281 bits per heavy atom. The van der Waals surface area contributed by atoms with Gasteiger partial charge in [-0.25, -0.2) is 27.5 Å². The second-order valence-corrected chi connectivity index (χ2v) is 37.2. The van der Waals surface area contributed by atoms with Gasteiger partial charge in [-0.2, -0.15) is 0 Å². The van der Waals surface area contributed by atoms with E-state index in [2.05, 4.69) is 358 Å². The first-order valence-corrected chi connectivity index (χ1v) is 48.8. The van der Waals surface area contributed by atoms with Gasteiger partial charge < -0.3 is 0 Å².